The van der Waals surface area contributed by atoms with Crippen LogP contribution in [0.4, 0.5) is 0 Å². The Morgan fingerprint density at radius 3 is 2.91 bits per heavy atom. The maximum atomic E-state index is 11.5. The van der Waals surface area contributed by atoms with Crippen molar-refractivity contribution < 1.29 is 9.53 Å². The summed E-state index contributed by atoms with van der Waals surface area (Å²) < 4.78 is 7.62. The van der Waals surface area contributed by atoms with E-state index in [0.29, 0.717) is 31.8 Å². The number of para-hydroxylation sites is 2. The maximum Gasteiger partial charge on any atom is 0.246 e. The van der Waals surface area contributed by atoms with E-state index in [0.717, 1.165) is 23.4 Å². The summed E-state index contributed by atoms with van der Waals surface area (Å²) in [5, 5.41) is 2.85. The average Bonchev–Trinajstić information content (AvgIpc) is 2.85. The minimum absolute atomic E-state index is 0.114. The lowest BCUT2D eigenvalue weighted by molar-refractivity contribution is -0.117. The van der Waals surface area contributed by atoms with Gasteiger partial charge in [-0.05, 0) is 26.0 Å². The first-order valence-electron chi connectivity index (χ1n) is 7.59. The van der Waals surface area contributed by atoms with Crippen LogP contribution in [0.3, 0.4) is 0 Å². The first-order chi connectivity index (χ1) is 10.6. The lowest BCUT2D eigenvalue weighted by Crippen LogP contribution is -2.26. The fraction of sp³-hybridized carbons (Fsp3) is 0.412. The second kappa shape index (κ2) is 7.75. The van der Waals surface area contributed by atoms with Crippen LogP contribution >= 0.6 is 0 Å². The third-order valence-corrected chi connectivity index (χ3v) is 3.42. The molecule has 0 bridgehead atoms. The van der Waals surface area contributed by atoms with Crippen LogP contribution < -0.4 is 5.32 Å². The van der Waals surface area contributed by atoms with E-state index in [1.165, 1.54) is 0 Å². The summed E-state index contributed by atoms with van der Waals surface area (Å²) >= 11 is 0. The summed E-state index contributed by atoms with van der Waals surface area (Å²) in [6, 6.07) is 8.05. The van der Waals surface area contributed by atoms with Crippen LogP contribution in [-0.2, 0) is 22.5 Å². The van der Waals surface area contributed by atoms with Gasteiger partial charge in [-0.25, -0.2) is 4.98 Å². The zero-order valence-electron chi connectivity index (χ0n) is 13.3. The smallest absolute Gasteiger partial charge is 0.246 e. The molecular weight excluding hydrogens is 278 g/mol. The molecule has 5 nitrogen and oxygen atoms in total. The molecule has 1 heterocycles. The van der Waals surface area contributed by atoms with Gasteiger partial charge in [-0.1, -0.05) is 18.7 Å². The van der Waals surface area contributed by atoms with Gasteiger partial charge in [0.1, 0.15) is 5.82 Å². The van der Waals surface area contributed by atoms with Crippen molar-refractivity contribution in [2.24, 2.45) is 0 Å². The van der Waals surface area contributed by atoms with E-state index in [4.69, 9.17) is 4.74 Å². The first kappa shape index (κ1) is 16.2. The quantitative estimate of drug-likeness (QED) is 0.601. The van der Waals surface area contributed by atoms with Crippen molar-refractivity contribution in [3.05, 3.63) is 42.2 Å². The Labute approximate surface area is 131 Å². The molecule has 0 spiro atoms. The lowest BCUT2D eigenvalue weighted by Gasteiger charge is -2.10. The Kier molecular flexibility index (Phi) is 5.72. The minimum Gasteiger partial charge on any atom is -0.380 e. The fourth-order valence-corrected chi connectivity index (χ4v) is 2.30. The number of nitrogens with zero attached hydrogens (tertiary/aromatic N) is 2. The molecular formula is C17H23N3O2. The van der Waals surface area contributed by atoms with Crippen molar-refractivity contribution >= 4 is 16.9 Å². The molecule has 0 aliphatic heterocycles. The normalized spacial score (nSPS) is 10.8. The van der Waals surface area contributed by atoms with Gasteiger partial charge in [-0.15, -0.1) is 0 Å². The van der Waals surface area contributed by atoms with Gasteiger partial charge in [-0.3, -0.25) is 4.79 Å². The third-order valence-electron chi connectivity index (χ3n) is 3.42. The Morgan fingerprint density at radius 1 is 1.41 bits per heavy atom. The standard InChI is InChI=1S/C17H23N3O2/c1-4-22-12-11-20-15-8-6-5-7-14(15)19-16(20)9-10-18-17(21)13(2)3/h5-8H,2,4,9-12H2,1,3H3,(H,18,21). The summed E-state index contributed by atoms with van der Waals surface area (Å²) in [5.74, 6) is 0.847. The lowest BCUT2D eigenvalue weighted by atomic mass is 10.3. The van der Waals surface area contributed by atoms with Gasteiger partial charge >= 0.3 is 0 Å². The molecule has 1 N–H and O–H groups in total. The molecule has 0 aliphatic carbocycles. The van der Waals surface area contributed by atoms with Crippen LogP contribution in [-0.4, -0.2) is 35.2 Å². The van der Waals surface area contributed by atoms with Crippen LogP contribution in [0, 0.1) is 0 Å². The van der Waals surface area contributed by atoms with Gasteiger partial charge in [0.05, 0.1) is 17.6 Å². The highest BCUT2D eigenvalue weighted by atomic mass is 16.5. The van der Waals surface area contributed by atoms with Crippen LogP contribution in [0.1, 0.15) is 19.7 Å². The first-order valence-corrected chi connectivity index (χ1v) is 7.59. The van der Waals surface area contributed by atoms with Crippen LogP contribution in [0.15, 0.2) is 36.4 Å². The summed E-state index contributed by atoms with van der Waals surface area (Å²) in [4.78, 5) is 16.2. The number of fused-ring (bicyclic) bond motifs is 1. The van der Waals surface area contributed by atoms with Gasteiger partial charge in [-0.2, -0.15) is 0 Å². The van der Waals surface area contributed by atoms with Gasteiger partial charge in [0, 0.05) is 31.7 Å². The predicted molar refractivity (Wildman–Crippen MR) is 87.8 cm³/mol. The molecule has 0 fully saturated rings. The SMILES string of the molecule is C=C(C)C(=O)NCCc1nc2ccccc2n1CCOCC. The third kappa shape index (κ3) is 3.95. The number of nitrogens with one attached hydrogen (secondary N) is 1. The number of hydrogen-bond donors (Lipinski definition) is 1. The molecule has 22 heavy (non-hydrogen) atoms. The molecule has 0 unspecified atom stereocenters. The second-order valence-electron chi connectivity index (χ2n) is 5.15. The van der Waals surface area contributed by atoms with Crippen molar-refractivity contribution in [3.63, 3.8) is 0 Å². The molecule has 2 aromatic rings. The zero-order chi connectivity index (χ0) is 15.9. The van der Waals surface area contributed by atoms with Crippen molar-refractivity contribution in [3.8, 4) is 0 Å². The van der Waals surface area contributed by atoms with E-state index in [1.54, 1.807) is 6.92 Å². The summed E-state index contributed by atoms with van der Waals surface area (Å²) in [5.41, 5.74) is 2.59. The molecule has 118 valence electrons. The van der Waals surface area contributed by atoms with E-state index in [9.17, 15) is 4.79 Å². The largest absolute Gasteiger partial charge is 0.380 e. The van der Waals surface area contributed by atoms with Crippen LogP contribution in [0.2, 0.25) is 0 Å². The number of hydrogen-bond acceptors (Lipinski definition) is 3. The monoisotopic (exact) mass is 301 g/mol. The molecule has 1 aromatic carbocycles. The fourth-order valence-electron chi connectivity index (χ4n) is 2.30. The van der Waals surface area contributed by atoms with Crippen LogP contribution in [0.5, 0.6) is 0 Å². The number of benzene rings is 1. The molecule has 0 saturated carbocycles. The number of carbonyl (C=O) groups excluding carboxylic acids is 1. The van der Waals surface area contributed by atoms with Gasteiger partial charge in [0.15, 0.2) is 0 Å². The number of amides is 1. The second-order valence-corrected chi connectivity index (χ2v) is 5.15. The highest BCUT2D eigenvalue weighted by molar-refractivity contribution is 5.92. The molecule has 2 rings (SSSR count). The van der Waals surface area contributed by atoms with Gasteiger partial charge < -0.3 is 14.6 Å². The molecule has 1 aromatic heterocycles. The summed E-state index contributed by atoms with van der Waals surface area (Å²) in [6.45, 7) is 9.99. The molecule has 0 radical (unpaired) electrons. The number of ether oxygens (including phenoxy) is 1. The summed E-state index contributed by atoms with van der Waals surface area (Å²) in [7, 11) is 0. The molecule has 5 heteroatoms. The number of rotatable bonds is 8. The number of imidazole rings is 1. The Balaban J connectivity index is 2.11. The van der Waals surface area contributed by atoms with Crippen molar-refractivity contribution in [1.29, 1.82) is 0 Å². The topological polar surface area (TPSA) is 56.2 Å². The van der Waals surface area contributed by atoms with E-state index in [2.05, 4.69) is 27.5 Å². The van der Waals surface area contributed by atoms with Crippen molar-refractivity contribution in [1.82, 2.24) is 14.9 Å². The predicted octanol–water partition coefficient (Wildman–Crippen LogP) is 2.31. The highest BCUT2D eigenvalue weighted by Gasteiger charge is 2.10. The minimum atomic E-state index is -0.114. The molecule has 0 saturated heterocycles. The van der Waals surface area contributed by atoms with E-state index in [1.807, 2.05) is 25.1 Å². The van der Waals surface area contributed by atoms with Crippen molar-refractivity contribution in [2.75, 3.05) is 19.8 Å². The number of carbonyl (C=O) groups is 1. The van der Waals surface area contributed by atoms with Gasteiger partial charge in [0.25, 0.3) is 0 Å². The molecule has 0 atom stereocenters. The van der Waals surface area contributed by atoms with E-state index >= 15 is 0 Å². The van der Waals surface area contributed by atoms with Gasteiger partial charge in [0.2, 0.25) is 5.91 Å². The highest BCUT2D eigenvalue weighted by Crippen LogP contribution is 2.16. The summed E-state index contributed by atoms with van der Waals surface area (Å²) in [6.07, 6.45) is 0.680. The number of aromatic nitrogens is 2. The maximum absolute atomic E-state index is 11.5. The Morgan fingerprint density at radius 2 is 2.18 bits per heavy atom. The van der Waals surface area contributed by atoms with Crippen LogP contribution in [0.25, 0.3) is 11.0 Å². The average molecular weight is 301 g/mol. The van der Waals surface area contributed by atoms with E-state index < -0.39 is 0 Å². The zero-order valence-corrected chi connectivity index (χ0v) is 13.3. The van der Waals surface area contributed by atoms with E-state index in [-0.39, 0.29) is 5.91 Å². The molecule has 0 aliphatic rings. The molecule has 1 amide bonds. The van der Waals surface area contributed by atoms with Crippen molar-refractivity contribution in [2.45, 2.75) is 26.8 Å². The Hall–Kier alpha value is -2.14. The Bertz CT molecular complexity index is 661.